The Morgan fingerprint density at radius 3 is 2.66 bits per heavy atom. The summed E-state index contributed by atoms with van der Waals surface area (Å²) in [5.41, 5.74) is 1.12. The zero-order valence-electron chi connectivity index (χ0n) is 17.7. The fourth-order valence-corrected chi connectivity index (χ4v) is 4.38. The van der Waals surface area contributed by atoms with Gasteiger partial charge < -0.3 is 14.4 Å². The number of likely N-dealkylation sites (N-methyl/N-ethyl adjacent to an activating group) is 1. The van der Waals surface area contributed by atoms with E-state index in [-0.39, 0.29) is 11.9 Å². The second-order valence-corrected chi connectivity index (χ2v) is 8.51. The van der Waals surface area contributed by atoms with Gasteiger partial charge in [0, 0.05) is 24.5 Å². The Balaban J connectivity index is 1.64. The van der Waals surface area contributed by atoms with Gasteiger partial charge in [0.1, 0.15) is 6.61 Å². The molecule has 1 fully saturated rings. The summed E-state index contributed by atoms with van der Waals surface area (Å²) in [6, 6.07) is 10.0. The zero-order chi connectivity index (χ0) is 20.6. The van der Waals surface area contributed by atoms with Gasteiger partial charge in [0.15, 0.2) is 11.5 Å². The van der Waals surface area contributed by atoms with Crippen LogP contribution in [0.1, 0.15) is 43.6 Å². The fraction of sp³-hybridized carbons (Fsp3) is 0.522. The third-order valence-electron chi connectivity index (χ3n) is 5.54. The number of hydrogen-bond donors (Lipinski definition) is 0. The van der Waals surface area contributed by atoms with Gasteiger partial charge in [0.05, 0.1) is 13.2 Å². The number of thiophene rings is 1. The van der Waals surface area contributed by atoms with Crippen LogP contribution in [0.2, 0.25) is 0 Å². The van der Waals surface area contributed by atoms with Crippen LogP contribution in [-0.4, -0.2) is 48.5 Å². The molecule has 1 saturated heterocycles. The van der Waals surface area contributed by atoms with Gasteiger partial charge in [0.25, 0.3) is 0 Å². The molecule has 29 heavy (non-hydrogen) atoms. The van der Waals surface area contributed by atoms with E-state index in [4.69, 9.17) is 9.47 Å². The number of likely N-dealkylation sites (tertiary alicyclic amines) is 1. The van der Waals surface area contributed by atoms with Gasteiger partial charge in [-0.05, 0) is 61.9 Å². The minimum Gasteiger partial charge on any atom is -0.493 e. The number of amides is 1. The first-order valence-electron chi connectivity index (χ1n) is 10.5. The van der Waals surface area contributed by atoms with Gasteiger partial charge in [-0.15, -0.1) is 11.3 Å². The number of ether oxygens (including phenoxy) is 2. The first kappa shape index (κ1) is 21.7. The Bertz CT molecular complexity index is 772. The quantitative estimate of drug-likeness (QED) is 0.601. The lowest BCUT2D eigenvalue weighted by Gasteiger charge is -2.34. The largest absolute Gasteiger partial charge is 0.493 e. The van der Waals surface area contributed by atoms with Crippen molar-refractivity contribution in [3.05, 3.63) is 46.2 Å². The van der Waals surface area contributed by atoms with Crippen molar-refractivity contribution in [2.75, 3.05) is 26.7 Å². The summed E-state index contributed by atoms with van der Waals surface area (Å²) < 4.78 is 11.5. The van der Waals surface area contributed by atoms with Gasteiger partial charge in [-0.1, -0.05) is 19.1 Å². The van der Waals surface area contributed by atoms with E-state index in [1.165, 1.54) is 11.3 Å². The predicted molar refractivity (Wildman–Crippen MR) is 118 cm³/mol. The number of hydrogen-bond acceptors (Lipinski definition) is 5. The molecule has 0 aliphatic carbocycles. The molecule has 0 spiro atoms. The van der Waals surface area contributed by atoms with E-state index in [0.29, 0.717) is 13.2 Å². The summed E-state index contributed by atoms with van der Waals surface area (Å²) in [5.74, 6) is 1.71. The lowest BCUT2D eigenvalue weighted by molar-refractivity contribution is -0.137. The number of piperidine rings is 1. The molecule has 1 amide bonds. The summed E-state index contributed by atoms with van der Waals surface area (Å²) in [6.07, 6.45) is 3.47. The van der Waals surface area contributed by atoms with Crippen LogP contribution in [0.3, 0.4) is 0 Å². The second-order valence-electron chi connectivity index (χ2n) is 7.48. The molecule has 2 heterocycles. The van der Waals surface area contributed by atoms with Crippen molar-refractivity contribution in [3.63, 3.8) is 0 Å². The average Bonchev–Trinajstić information content (AvgIpc) is 3.29. The minimum atomic E-state index is -0.126. The van der Waals surface area contributed by atoms with Crippen LogP contribution in [0.25, 0.3) is 0 Å². The SMILES string of the molecule is CCN(Cc1ccc(OCc2cccs2)c(OC)c1)C(C)C(=O)N1CCCCC1. The van der Waals surface area contributed by atoms with Crippen molar-refractivity contribution in [2.45, 2.75) is 52.3 Å². The zero-order valence-corrected chi connectivity index (χ0v) is 18.5. The Hall–Kier alpha value is -2.05. The molecule has 5 nitrogen and oxygen atoms in total. The van der Waals surface area contributed by atoms with E-state index in [1.807, 2.05) is 35.4 Å². The molecular weight excluding hydrogens is 384 g/mol. The van der Waals surface area contributed by atoms with Crippen molar-refractivity contribution >= 4 is 17.2 Å². The number of rotatable bonds is 9. The summed E-state index contributed by atoms with van der Waals surface area (Å²) in [7, 11) is 1.66. The Kier molecular flexibility index (Phi) is 7.95. The maximum Gasteiger partial charge on any atom is 0.239 e. The second kappa shape index (κ2) is 10.6. The highest BCUT2D eigenvalue weighted by Gasteiger charge is 2.26. The number of methoxy groups -OCH3 is 1. The lowest BCUT2D eigenvalue weighted by atomic mass is 10.1. The Morgan fingerprint density at radius 1 is 1.21 bits per heavy atom. The molecule has 2 aromatic rings. The van der Waals surface area contributed by atoms with Crippen LogP contribution in [0.15, 0.2) is 35.7 Å². The topological polar surface area (TPSA) is 42.0 Å². The molecule has 1 aromatic heterocycles. The summed E-state index contributed by atoms with van der Waals surface area (Å²) in [6.45, 7) is 7.98. The van der Waals surface area contributed by atoms with Gasteiger partial charge in [0.2, 0.25) is 5.91 Å². The standard InChI is InChI=1S/C23H32N2O3S/c1-4-24(18(2)23(26)25-12-6-5-7-13-25)16-19-10-11-21(22(15-19)27-3)28-17-20-9-8-14-29-20/h8-11,14-15,18H,4-7,12-13,16-17H2,1-3H3. The van der Waals surface area contributed by atoms with Gasteiger partial charge in [-0.3, -0.25) is 9.69 Å². The minimum absolute atomic E-state index is 0.126. The molecular formula is C23H32N2O3S. The van der Waals surface area contributed by atoms with E-state index in [1.54, 1.807) is 18.4 Å². The third kappa shape index (κ3) is 5.73. The van der Waals surface area contributed by atoms with Crippen LogP contribution in [-0.2, 0) is 17.9 Å². The van der Waals surface area contributed by atoms with Crippen LogP contribution in [0.4, 0.5) is 0 Å². The monoisotopic (exact) mass is 416 g/mol. The summed E-state index contributed by atoms with van der Waals surface area (Å²) in [5, 5.41) is 2.05. The number of carbonyl (C=O) groups excluding carboxylic acids is 1. The highest BCUT2D eigenvalue weighted by molar-refractivity contribution is 7.09. The fourth-order valence-electron chi connectivity index (χ4n) is 3.76. The molecule has 1 aliphatic rings. The maximum absolute atomic E-state index is 12.9. The highest BCUT2D eigenvalue weighted by Crippen LogP contribution is 2.30. The molecule has 6 heteroatoms. The van der Waals surface area contributed by atoms with E-state index in [0.717, 1.165) is 49.5 Å². The van der Waals surface area contributed by atoms with Crippen molar-refractivity contribution in [1.29, 1.82) is 0 Å². The van der Waals surface area contributed by atoms with Gasteiger partial charge in [-0.25, -0.2) is 0 Å². The molecule has 0 radical (unpaired) electrons. The maximum atomic E-state index is 12.9. The molecule has 1 aliphatic heterocycles. The van der Waals surface area contributed by atoms with Crippen molar-refractivity contribution in [3.8, 4) is 11.5 Å². The summed E-state index contributed by atoms with van der Waals surface area (Å²) in [4.78, 5) is 18.3. The van der Waals surface area contributed by atoms with E-state index in [2.05, 4.69) is 24.0 Å². The molecule has 1 atom stereocenters. The van der Waals surface area contributed by atoms with Crippen LogP contribution in [0.5, 0.6) is 11.5 Å². The molecule has 1 aromatic carbocycles. The molecule has 0 N–H and O–H groups in total. The number of benzene rings is 1. The third-order valence-corrected chi connectivity index (χ3v) is 6.39. The highest BCUT2D eigenvalue weighted by atomic mass is 32.1. The van der Waals surface area contributed by atoms with E-state index in [9.17, 15) is 4.79 Å². The average molecular weight is 417 g/mol. The smallest absolute Gasteiger partial charge is 0.239 e. The van der Waals surface area contributed by atoms with Crippen molar-refractivity contribution < 1.29 is 14.3 Å². The number of carbonyl (C=O) groups is 1. The molecule has 158 valence electrons. The predicted octanol–water partition coefficient (Wildman–Crippen LogP) is 4.56. The van der Waals surface area contributed by atoms with E-state index < -0.39 is 0 Å². The first-order valence-corrected chi connectivity index (χ1v) is 11.3. The first-order chi connectivity index (χ1) is 14.1. The normalized spacial score (nSPS) is 15.4. The van der Waals surface area contributed by atoms with Gasteiger partial charge in [-0.2, -0.15) is 0 Å². The number of nitrogens with zero attached hydrogens (tertiary/aromatic N) is 2. The van der Waals surface area contributed by atoms with Crippen molar-refractivity contribution in [1.82, 2.24) is 9.80 Å². The van der Waals surface area contributed by atoms with Crippen molar-refractivity contribution in [2.24, 2.45) is 0 Å². The molecule has 3 rings (SSSR count). The van der Waals surface area contributed by atoms with Crippen LogP contribution < -0.4 is 9.47 Å². The summed E-state index contributed by atoms with van der Waals surface area (Å²) >= 11 is 1.68. The van der Waals surface area contributed by atoms with Crippen LogP contribution in [0, 0.1) is 0 Å². The lowest BCUT2D eigenvalue weighted by Crippen LogP contribution is -2.48. The molecule has 1 unspecified atom stereocenters. The van der Waals surface area contributed by atoms with Crippen LogP contribution >= 0.6 is 11.3 Å². The van der Waals surface area contributed by atoms with Gasteiger partial charge >= 0.3 is 0 Å². The van der Waals surface area contributed by atoms with E-state index >= 15 is 0 Å². The molecule has 0 bridgehead atoms. The Labute approximate surface area is 178 Å². The Morgan fingerprint density at radius 2 is 2.00 bits per heavy atom. The molecule has 0 saturated carbocycles.